The molecule has 1 aliphatic rings. The van der Waals surface area contributed by atoms with E-state index in [9.17, 15) is 4.79 Å². The first-order valence-corrected chi connectivity index (χ1v) is 9.09. The van der Waals surface area contributed by atoms with Crippen LogP contribution in [0.5, 0.6) is 0 Å². The van der Waals surface area contributed by atoms with Crippen LogP contribution in [0.15, 0.2) is 6.07 Å². The summed E-state index contributed by atoms with van der Waals surface area (Å²) in [5.41, 5.74) is 4.28. The fourth-order valence-electron chi connectivity index (χ4n) is 3.25. The Morgan fingerprint density at radius 2 is 1.96 bits per heavy atom. The first-order valence-electron chi connectivity index (χ1n) is 9.09. The van der Waals surface area contributed by atoms with Crippen LogP contribution in [0.3, 0.4) is 0 Å². The lowest BCUT2D eigenvalue weighted by molar-refractivity contribution is -0.148. The van der Waals surface area contributed by atoms with E-state index in [2.05, 4.69) is 15.1 Å². The molecule has 7 nitrogen and oxygen atoms in total. The number of hydrogen-bond acceptors (Lipinski definition) is 6. The molecule has 0 amide bonds. The molecule has 7 heteroatoms. The van der Waals surface area contributed by atoms with Crippen molar-refractivity contribution in [2.45, 2.75) is 59.5 Å². The van der Waals surface area contributed by atoms with Crippen molar-refractivity contribution < 1.29 is 14.3 Å². The second kappa shape index (κ2) is 7.95. The second-order valence-corrected chi connectivity index (χ2v) is 6.86. The smallest absolute Gasteiger partial charge is 0.310 e. The quantitative estimate of drug-likeness (QED) is 0.764. The number of esters is 1. The molecular formula is C19H26N4O3. The Kier molecular flexibility index (Phi) is 5.66. The van der Waals surface area contributed by atoms with Crippen LogP contribution in [0.1, 0.15) is 47.6 Å². The van der Waals surface area contributed by atoms with Crippen molar-refractivity contribution >= 4 is 5.97 Å². The molecule has 0 saturated carbocycles. The van der Waals surface area contributed by atoms with Gasteiger partial charge in [0.2, 0.25) is 0 Å². The lowest BCUT2D eigenvalue weighted by atomic mass is 10.1. The Hall–Kier alpha value is -2.28. The largest absolute Gasteiger partial charge is 0.463 e. The predicted octanol–water partition coefficient (Wildman–Crippen LogP) is 2.55. The molecule has 0 aromatic carbocycles. The third kappa shape index (κ3) is 4.27. The van der Waals surface area contributed by atoms with Crippen molar-refractivity contribution in [2.75, 3.05) is 13.2 Å². The van der Waals surface area contributed by atoms with E-state index in [-0.39, 0.29) is 18.5 Å². The van der Waals surface area contributed by atoms with Gasteiger partial charge in [0.1, 0.15) is 6.61 Å². The Morgan fingerprint density at radius 3 is 2.62 bits per heavy atom. The highest BCUT2D eigenvalue weighted by Crippen LogP contribution is 2.18. The Bertz CT molecular complexity index is 774. The average molecular weight is 358 g/mol. The average Bonchev–Trinajstić information content (AvgIpc) is 2.88. The molecule has 2 aromatic heterocycles. The topological polar surface area (TPSA) is 79.1 Å². The van der Waals surface area contributed by atoms with E-state index in [0.717, 1.165) is 54.2 Å². The SMILES string of the molecule is Cc1cc(C)nc(-n2nc(C)c(CC(=O)OCC3CCCCO3)c2C)n1. The molecule has 0 bridgehead atoms. The van der Waals surface area contributed by atoms with Gasteiger partial charge in [0, 0.05) is 29.3 Å². The maximum atomic E-state index is 12.3. The molecule has 1 saturated heterocycles. The lowest BCUT2D eigenvalue weighted by Gasteiger charge is -2.22. The molecule has 26 heavy (non-hydrogen) atoms. The van der Waals surface area contributed by atoms with Crippen LogP contribution < -0.4 is 0 Å². The summed E-state index contributed by atoms with van der Waals surface area (Å²) >= 11 is 0. The fourth-order valence-corrected chi connectivity index (χ4v) is 3.25. The van der Waals surface area contributed by atoms with Gasteiger partial charge in [-0.3, -0.25) is 4.79 Å². The predicted molar refractivity (Wildman–Crippen MR) is 96.4 cm³/mol. The van der Waals surface area contributed by atoms with Crippen LogP contribution in [-0.2, 0) is 20.7 Å². The molecule has 1 unspecified atom stereocenters. The summed E-state index contributed by atoms with van der Waals surface area (Å²) in [4.78, 5) is 21.2. The van der Waals surface area contributed by atoms with Crippen molar-refractivity contribution in [3.63, 3.8) is 0 Å². The normalized spacial score (nSPS) is 17.3. The molecule has 3 heterocycles. The molecule has 0 aliphatic carbocycles. The van der Waals surface area contributed by atoms with E-state index in [1.807, 2.05) is 33.8 Å². The Morgan fingerprint density at radius 1 is 1.23 bits per heavy atom. The zero-order chi connectivity index (χ0) is 18.7. The van der Waals surface area contributed by atoms with Crippen molar-refractivity contribution in [1.29, 1.82) is 0 Å². The third-order valence-electron chi connectivity index (χ3n) is 4.63. The van der Waals surface area contributed by atoms with Gasteiger partial charge >= 0.3 is 5.97 Å². The summed E-state index contributed by atoms with van der Waals surface area (Å²) in [7, 11) is 0. The number of aryl methyl sites for hydroxylation is 3. The molecule has 140 valence electrons. The summed E-state index contributed by atoms with van der Waals surface area (Å²) in [6.07, 6.45) is 3.38. The zero-order valence-corrected chi connectivity index (χ0v) is 15.9. The molecule has 1 aliphatic heterocycles. The Balaban J connectivity index is 1.70. The van der Waals surface area contributed by atoms with E-state index in [4.69, 9.17) is 9.47 Å². The van der Waals surface area contributed by atoms with Crippen LogP contribution in [0.25, 0.3) is 5.95 Å². The molecule has 0 radical (unpaired) electrons. The van der Waals surface area contributed by atoms with Gasteiger partial charge in [-0.1, -0.05) is 0 Å². The van der Waals surface area contributed by atoms with Gasteiger partial charge in [0.25, 0.3) is 5.95 Å². The minimum absolute atomic E-state index is 0.0290. The molecule has 2 aromatic rings. The standard InChI is InChI=1S/C19H26N4O3/c1-12-9-13(2)21-19(20-12)23-15(4)17(14(3)22-23)10-18(24)26-11-16-7-5-6-8-25-16/h9,16H,5-8,10-11H2,1-4H3. The third-order valence-corrected chi connectivity index (χ3v) is 4.63. The lowest BCUT2D eigenvalue weighted by Crippen LogP contribution is -2.26. The number of carbonyl (C=O) groups excluding carboxylic acids is 1. The van der Waals surface area contributed by atoms with Crippen molar-refractivity contribution in [1.82, 2.24) is 19.7 Å². The van der Waals surface area contributed by atoms with Gasteiger partial charge in [-0.2, -0.15) is 5.10 Å². The van der Waals surface area contributed by atoms with E-state index in [1.54, 1.807) is 4.68 Å². The van der Waals surface area contributed by atoms with Crippen LogP contribution in [0.2, 0.25) is 0 Å². The maximum absolute atomic E-state index is 12.3. The monoisotopic (exact) mass is 358 g/mol. The summed E-state index contributed by atoms with van der Waals surface area (Å²) in [6, 6.07) is 1.92. The van der Waals surface area contributed by atoms with Crippen molar-refractivity contribution in [3.05, 3.63) is 34.4 Å². The highest BCUT2D eigenvalue weighted by molar-refractivity contribution is 5.73. The van der Waals surface area contributed by atoms with E-state index < -0.39 is 0 Å². The number of rotatable bonds is 5. The van der Waals surface area contributed by atoms with Crippen LogP contribution in [-0.4, -0.2) is 45.0 Å². The maximum Gasteiger partial charge on any atom is 0.310 e. The number of carbonyl (C=O) groups is 1. The molecule has 0 spiro atoms. The molecule has 1 atom stereocenters. The number of nitrogens with zero attached hydrogens (tertiary/aromatic N) is 4. The van der Waals surface area contributed by atoms with Crippen molar-refractivity contribution in [2.24, 2.45) is 0 Å². The van der Waals surface area contributed by atoms with Gasteiger partial charge < -0.3 is 9.47 Å². The van der Waals surface area contributed by atoms with Gasteiger partial charge in [-0.25, -0.2) is 14.6 Å². The molecule has 1 fully saturated rings. The van der Waals surface area contributed by atoms with Gasteiger partial charge in [-0.05, 0) is 53.0 Å². The minimum atomic E-state index is -0.258. The van der Waals surface area contributed by atoms with Crippen LogP contribution in [0.4, 0.5) is 0 Å². The van der Waals surface area contributed by atoms with Crippen LogP contribution >= 0.6 is 0 Å². The summed E-state index contributed by atoms with van der Waals surface area (Å²) in [5, 5.41) is 4.52. The first kappa shape index (κ1) is 18.5. The van der Waals surface area contributed by atoms with E-state index >= 15 is 0 Å². The van der Waals surface area contributed by atoms with Gasteiger partial charge in [-0.15, -0.1) is 0 Å². The molecular weight excluding hydrogens is 332 g/mol. The summed E-state index contributed by atoms with van der Waals surface area (Å²) in [6.45, 7) is 8.74. The first-order chi connectivity index (χ1) is 12.4. The Labute approximate surface area is 153 Å². The van der Waals surface area contributed by atoms with Crippen molar-refractivity contribution in [3.8, 4) is 5.95 Å². The zero-order valence-electron chi connectivity index (χ0n) is 15.9. The molecule has 3 rings (SSSR count). The second-order valence-electron chi connectivity index (χ2n) is 6.86. The minimum Gasteiger partial charge on any atom is -0.463 e. The number of aromatic nitrogens is 4. The summed E-state index contributed by atoms with van der Waals surface area (Å²) in [5.74, 6) is 0.268. The highest BCUT2D eigenvalue weighted by atomic mass is 16.6. The fraction of sp³-hybridized carbons (Fsp3) is 0.579. The highest BCUT2D eigenvalue weighted by Gasteiger charge is 2.20. The number of ether oxygens (including phenoxy) is 2. The van der Waals surface area contributed by atoms with Crippen LogP contribution in [0, 0.1) is 27.7 Å². The van der Waals surface area contributed by atoms with E-state index in [0.29, 0.717) is 12.6 Å². The number of hydrogen-bond donors (Lipinski definition) is 0. The summed E-state index contributed by atoms with van der Waals surface area (Å²) < 4.78 is 12.7. The van der Waals surface area contributed by atoms with Gasteiger partial charge in [0.15, 0.2) is 0 Å². The molecule has 0 N–H and O–H groups in total. The van der Waals surface area contributed by atoms with E-state index in [1.165, 1.54) is 0 Å². The van der Waals surface area contributed by atoms with Gasteiger partial charge in [0.05, 0.1) is 18.2 Å².